The first-order valence-electron chi connectivity index (χ1n) is 10.9. The van der Waals surface area contributed by atoms with E-state index in [-0.39, 0.29) is 11.3 Å². The lowest BCUT2D eigenvalue weighted by molar-refractivity contribution is -0.114. The number of piperazine rings is 1. The van der Waals surface area contributed by atoms with E-state index in [9.17, 15) is 4.79 Å². The zero-order chi connectivity index (χ0) is 21.6. The number of amides is 1. The predicted octanol–water partition coefficient (Wildman–Crippen LogP) is 2.88. The Labute approximate surface area is 182 Å². The molecule has 3 N–H and O–H groups in total. The van der Waals surface area contributed by atoms with Crippen LogP contribution in [-0.2, 0) is 10.2 Å². The number of pyridine rings is 1. The molecule has 2 aromatic heterocycles. The van der Waals surface area contributed by atoms with Crippen molar-refractivity contribution in [2.75, 3.05) is 39.8 Å². The molecule has 6 heteroatoms. The van der Waals surface area contributed by atoms with Gasteiger partial charge >= 0.3 is 0 Å². The number of rotatable bonds is 4. The average Bonchev–Trinajstić information content (AvgIpc) is 3.12. The highest BCUT2D eigenvalue weighted by molar-refractivity contribution is 6.06. The molecule has 1 atom stereocenters. The van der Waals surface area contributed by atoms with Gasteiger partial charge in [-0.3, -0.25) is 9.69 Å². The van der Waals surface area contributed by atoms with Crippen molar-refractivity contribution in [3.63, 3.8) is 0 Å². The molecule has 0 saturated carbocycles. The fourth-order valence-corrected chi connectivity index (χ4v) is 4.87. The largest absolute Gasteiger partial charge is 0.366 e. The number of benzene rings is 1. The predicted molar refractivity (Wildman–Crippen MR) is 125 cm³/mol. The second-order valence-electron chi connectivity index (χ2n) is 9.03. The van der Waals surface area contributed by atoms with Crippen molar-refractivity contribution in [1.29, 1.82) is 0 Å². The molecule has 5 rings (SSSR count). The first kappa shape index (κ1) is 20.0. The molecule has 3 aromatic rings. The highest BCUT2D eigenvalue weighted by Crippen LogP contribution is 2.38. The number of primary amides is 1. The number of allylic oxidation sites excluding steroid dienone is 1. The topological polar surface area (TPSA) is 78.2 Å². The molecular weight excluding hydrogens is 386 g/mol. The van der Waals surface area contributed by atoms with Crippen LogP contribution in [0.4, 0.5) is 0 Å². The van der Waals surface area contributed by atoms with Crippen molar-refractivity contribution in [2.45, 2.75) is 18.8 Å². The van der Waals surface area contributed by atoms with Crippen LogP contribution >= 0.6 is 0 Å². The van der Waals surface area contributed by atoms with Crippen LogP contribution < -0.4 is 5.73 Å². The van der Waals surface area contributed by atoms with Gasteiger partial charge < -0.3 is 15.6 Å². The molecule has 1 aliphatic heterocycles. The molecule has 2 aliphatic rings. The van der Waals surface area contributed by atoms with Crippen molar-refractivity contribution in [3.8, 4) is 0 Å². The van der Waals surface area contributed by atoms with Gasteiger partial charge in [0.25, 0.3) is 0 Å². The summed E-state index contributed by atoms with van der Waals surface area (Å²) in [5, 5.41) is 2.33. The summed E-state index contributed by atoms with van der Waals surface area (Å²) in [6.45, 7) is 7.19. The minimum Gasteiger partial charge on any atom is -0.366 e. The minimum atomic E-state index is -0.363. The Kier molecular flexibility index (Phi) is 4.91. The maximum absolute atomic E-state index is 11.7. The van der Waals surface area contributed by atoms with Gasteiger partial charge in [0.2, 0.25) is 5.91 Å². The second-order valence-corrected chi connectivity index (χ2v) is 9.03. The highest BCUT2D eigenvalue weighted by atomic mass is 16.1. The number of H-pyrrole nitrogens is 1. The molecule has 3 heterocycles. The number of carbonyl (C=O) groups excluding carboxylic acids is 1. The number of aromatic amines is 1. The Hall–Kier alpha value is -2.96. The van der Waals surface area contributed by atoms with E-state index in [4.69, 9.17) is 5.73 Å². The van der Waals surface area contributed by atoms with Gasteiger partial charge in [-0.1, -0.05) is 24.3 Å². The quantitative estimate of drug-likeness (QED) is 0.687. The molecule has 1 aromatic carbocycles. The lowest BCUT2D eigenvalue weighted by Gasteiger charge is -2.41. The van der Waals surface area contributed by atoms with Gasteiger partial charge in [-0.05, 0) is 50.2 Å². The van der Waals surface area contributed by atoms with Crippen LogP contribution in [0.3, 0.4) is 0 Å². The molecule has 1 saturated heterocycles. The maximum atomic E-state index is 11.7. The fourth-order valence-electron chi connectivity index (χ4n) is 4.87. The molecule has 1 amide bonds. The van der Waals surface area contributed by atoms with E-state index in [1.807, 2.05) is 19.1 Å². The van der Waals surface area contributed by atoms with Gasteiger partial charge in [-0.15, -0.1) is 0 Å². The third kappa shape index (κ3) is 3.66. The minimum absolute atomic E-state index is 0.190. The van der Waals surface area contributed by atoms with Crippen LogP contribution in [0, 0.1) is 6.92 Å². The van der Waals surface area contributed by atoms with E-state index in [1.165, 1.54) is 10.9 Å². The third-order valence-electron chi connectivity index (χ3n) is 6.83. The maximum Gasteiger partial charge on any atom is 0.248 e. The smallest absolute Gasteiger partial charge is 0.248 e. The Morgan fingerprint density at radius 2 is 1.97 bits per heavy atom. The monoisotopic (exact) mass is 415 g/mol. The molecule has 1 aliphatic carbocycles. The zero-order valence-corrected chi connectivity index (χ0v) is 18.2. The van der Waals surface area contributed by atoms with Gasteiger partial charge in [0.05, 0.1) is 0 Å². The van der Waals surface area contributed by atoms with Crippen LogP contribution in [0.1, 0.15) is 17.7 Å². The first-order valence-corrected chi connectivity index (χ1v) is 10.9. The number of fused-ring (bicyclic) bond motifs is 3. The van der Waals surface area contributed by atoms with Gasteiger partial charge in [0, 0.05) is 65.7 Å². The molecule has 0 radical (unpaired) electrons. The zero-order valence-electron chi connectivity index (χ0n) is 18.2. The summed E-state index contributed by atoms with van der Waals surface area (Å²) in [4.78, 5) is 24.7. The molecule has 31 heavy (non-hydrogen) atoms. The summed E-state index contributed by atoms with van der Waals surface area (Å²) < 4.78 is 0. The van der Waals surface area contributed by atoms with Gasteiger partial charge in [-0.2, -0.15) is 0 Å². The van der Waals surface area contributed by atoms with E-state index >= 15 is 0 Å². The van der Waals surface area contributed by atoms with E-state index in [0.717, 1.165) is 61.4 Å². The summed E-state index contributed by atoms with van der Waals surface area (Å²) in [7, 11) is 2.18. The molecule has 160 valence electrons. The Bertz CT molecular complexity index is 1220. The van der Waals surface area contributed by atoms with E-state index in [2.05, 4.69) is 63.2 Å². The number of nitrogens with two attached hydrogens (primary N) is 1. The lowest BCUT2D eigenvalue weighted by Crippen LogP contribution is -2.49. The second kappa shape index (κ2) is 7.62. The van der Waals surface area contributed by atoms with Crippen LogP contribution in [0.15, 0.2) is 54.1 Å². The molecule has 0 spiro atoms. The normalized spacial score (nSPS) is 22.8. The SMILES string of the molecule is Cc1ccc2c(n1)[nH]c1ccc(C3(CN4CCN(C)CC4)C=CC(C(N)=O)=CC3)cc12. The van der Waals surface area contributed by atoms with Crippen LogP contribution in [0.2, 0.25) is 0 Å². The van der Waals surface area contributed by atoms with E-state index in [1.54, 1.807) is 0 Å². The number of nitrogens with zero attached hydrogens (tertiary/aromatic N) is 3. The number of aryl methyl sites for hydroxylation is 1. The highest BCUT2D eigenvalue weighted by Gasteiger charge is 2.34. The van der Waals surface area contributed by atoms with E-state index < -0.39 is 0 Å². The molecule has 1 unspecified atom stereocenters. The number of nitrogens with one attached hydrogen (secondary N) is 1. The number of hydrogen-bond donors (Lipinski definition) is 2. The molecule has 1 fully saturated rings. The fraction of sp³-hybridized carbons (Fsp3) is 0.360. The van der Waals surface area contributed by atoms with Gasteiger partial charge in [-0.25, -0.2) is 4.98 Å². The number of hydrogen-bond acceptors (Lipinski definition) is 4. The van der Waals surface area contributed by atoms with Gasteiger partial charge in [0.15, 0.2) is 0 Å². The van der Waals surface area contributed by atoms with Crippen LogP contribution in [0.5, 0.6) is 0 Å². The number of carbonyl (C=O) groups is 1. The van der Waals surface area contributed by atoms with Crippen LogP contribution in [0.25, 0.3) is 21.9 Å². The van der Waals surface area contributed by atoms with Crippen molar-refractivity contribution < 1.29 is 4.79 Å². The summed E-state index contributed by atoms with van der Waals surface area (Å²) in [5.74, 6) is -0.363. The summed E-state index contributed by atoms with van der Waals surface area (Å²) in [6, 6.07) is 10.9. The molecule has 6 nitrogen and oxygen atoms in total. The first-order chi connectivity index (χ1) is 14.9. The third-order valence-corrected chi connectivity index (χ3v) is 6.83. The Morgan fingerprint density at radius 3 is 2.68 bits per heavy atom. The Morgan fingerprint density at radius 1 is 1.16 bits per heavy atom. The molecule has 0 bridgehead atoms. The summed E-state index contributed by atoms with van der Waals surface area (Å²) in [5.41, 5.74) is 10.2. The van der Waals surface area contributed by atoms with E-state index in [0.29, 0.717) is 5.57 Å². The van der Waals surface area contributed by atoms with Gasteiger partial charge in [0.1, 0.15) is 5.65 Å². The molecular formula is C25H29N5O. The standard InChI is InChI=1S/C25H29N5O/c1-17-3-5-20-21-15-19(4-6-22(21)28-24(20)27-17)25(9-7-18(8-10-25)23(26)31)16-30-13-11-29(2)12-14-30/h3-9,15H,10-14,16H2,1-2H3,(H2,26,31)(H,27,28). The van der Waals surface area contributed by atoms with Crippen LogP contribution in [-0.4, -0.2) is 65.4 Å². The summed E-state index contributed by atoms with van der Waals surface area (Å²) >= 11 is 0. The van der Waals surface area contributed by atoms with Crippen molar-refractivity contribution in [1.82, 2.24) is 19.8 Å². The number of likely N-dealkylation sites (N-methyl/N-ethyl adjacent to an activating group) is 1. The lowest BCUT2D eigenvalue weighted by atomic mass is 9.73. The number of aromatic nitrogens is 2. The van der Waals surface area contributed by atoms with Crippen molar-refractivity contribution in [2.24, 2.45) is 5.73 Å². The summed E-state index contributed by atoms with van der Waals surface area (Å²) in [6.07, 6.45) is 6.87. The van der Waals surface area contributed by atoms with Crippen molar-refractivity contribution in [3.05, 3.63) is 65.4 Å². The average molecular weight is 416 g/mol. The van der Waals surface area contributed by atoms with Crippen molar-refractivity contribution >= 4 is 27.8 Å². The Balaban J connectivity index is 1.57.